The van der Waals surface area contributed by atoms with Gasteiger partial charge in [-0.3, -0.25) is 14.2 Å². The zero-order chi connectivity index (χ0) is 22.1. The standard InChI is InChI=1S/C23H27N3O3S2/c1-17-8-10-18(11-9-17)30-15-12-24-21(27)16-31-23-25-20-7-4-3-6-19(20)22(28)26(23)13-5-14-29-2/h3-4,6-11H,5,12-16H2,1-2H3,(H,24,27). The van der Waals surface area contributed by atoms with Crippen molar-refractivity contribution in [2.75, 3.05) is 31.8 Å². The molecular weight excluding hydrogens is 430 g/mol. The molecule has 0 bridgehead atoms. The number of aryl methyl sites for hydroxylation is 1. The van der Waals surface area contributed by atoms with Gasteiger partial charge in [-0.15, -0.1) is 11.8 Å². The minimum absolute atomic E-state index is 0.0691. The second-order valence-electron chi connectivity index (χ2n) is 7.01. The van der Waals surface area contributed by atoms with Crippen LogP contribution in [0, 0.1) is 6.92 Å². The number of hydrogen-bond acceptors (Lipinski definition) is 6. The fourth-order valence-corrected chi connectivity index (χ4v) is 4.62. The molecule has 6 nitrogen and oxygen atoms in total. The average molecular weight is 458 g/mol. The Kier molecular flexibility index (Phi) is 8.99. The van der Waals surface area contributed by atoms with Crippen LogP contribution in [0.1, 0.15) is 12.0 Å². The van der Waals surface area contributed by atoms with Crippen LogP contribution in [0.25, 0.3) is 10.9 Å². The molecule has 0 aliphatic heterocycles. The lowest BCUT2D eigenvalue weighted by molar-refractivity contribution is -0.118. The van der Waals surface area contributed by atoms with Gasteiger partial charge >= 0.3 is 0 Å². The number of nitrogens with zero attached hydrogens (tertiary/aromatic N) is 2. The number of hydrogen-bond donors (Lipinski definition) is 1. The molecule has 1 aromatic heterocycles. The maximum Gasteiger partial charge on any atom is 0.262 e. The zero-order valence-corrected chi connectivity index (χ0v) is 19.4. The highest BCUT2D eigenvalue weighted by Gasteiger charge is 2.13. The molecule has 8 heteroatoms. The number of amides is 1. The molecule has 0 fully saturated rings. The number of aromatic nitrogens is 2. The highest BCUT2D eigenvalue weighted by atomic mass is 32.2. The van der Waals surface area contributed by atoms with E-state index in [1.807, 2.05) is 18.2 Å². The predicted molar refractivity (Wildman–Crippen MR) is 128 cm³/mol. The molecule has 0 spiro atoms. The van der Waals surface area contributed by atoms with Gasteiger partial charge in [0.2, 0.25) is 5.91 Å². The van der Waals surface area contributed by atoms with Crippen molar-refractivity contribution in [1.82, 2.24) is 14.9 Å². The SMILES string of the molecule is COCCCn1c(SCC(=O)NCCSc2ccc(C)cc2)nc2ccccc2c1=O. The van der Waals surface area contributed by atoms with Gasteiger partial charge in [-0.05, 0) is 37.6 Å². The molecule has 0 radical (unpaired) electrons. The number of carbonyl (C=O) groups is 1. The normalized spacial score (nSPS) is 11.0. The summed E-state index contributed by atoms with van der Waals surface area (Å²) >= 11 is 3.00. The first-order valence-electron chi connectivity index (χ1n) is 10.2. The molecule has 3 rings (SSSR count). The molecule has 1 amide bonds. The molecule has 0 saturated carbocycles. The Bertz CT molecular complexity index is 1070. The summed E-state index contributed by atoms with van der Waals surface area (Å²) in [5, 5.41) is 4.09. The van der Waals surface area contributed by atoms with Crippen LogP contribution >= 0.6 is 23.5 Å². The van der Waals surface area contributed by atoms with Crippen molar-refractivity contribution < 1.29 is 9.53 Å². The van der Waals surface area contributed by atoms with Crippen molar-refractivity contribution in [3.05, 3.63) is 64.4 Å². The summed E-state index contributed by atoms with van der Waals surface area (Å²) < 4.78 is 6.76. The third kappa shape index (κ3) is 6.85. The lowest BCUT2D eigenvalue weighted by Gasteiger charge is -2.13. The fourth-order valence-electron chi connectivity index (χ4n) is 3.00. The van der Waals surface area contributed by atoms with Gasteiger partial charge < -0.3 is 10.1 Å². The van der Waals surface area contributed by atoms with E-state index in [1.165, 1.54) is 22.2 Å². The average Bonchev–Trinajstić information content (AvgIpc) is 2.78. The number of benzene rings is 2. The van der Waals surface area contributed by atoms with E-state index in [0.29, 0.717) is 42.2 Å². The molecule has 31 heavy (non-hydrogen) atoms. The molecular formula is C23H27N3O3S2. The van der Waals surface area contributed by atoms with Crippen molar-refractivity contribution in [1.29, 1.82) is 0 Å². The Morgan fingerprint density at radius 1 is 1.13 bits per heavy atom. The molecule has 0 aliphatic rings. The zero-order valence-electron chi connectivity index (χ0n) is 17.8. The molecule has 1 heterocycles. The monoisotopic (exact) mass is 457 g/mol. The fraction of sp³-hybridized carbons (Fsp3) is 0.348. The summed E-state index contributed by atoms with van der Waals surface area (Å²) in [7, 11) is 1.64. The van der Waals surface area contributed by atoms with Gasteiger partial charge in [0.05, 0.1) is 16.7 Å². The van der Waals surface area contributed by atoms with Crippen LogP contribution in [-0.2, 0) is 16.1 Å². The van der Waals surface area contributed by atoms with E-state index in [4.69, 9.17) is 4.74 Å². The summed E-state index contributed by atoms with van der Waals surface area (Å²) in [4.78, 5) is 31.1. The Morgan fingerprint density at radius 3 is 2.68 bits per heavy atom. The van der Waals surface area contributed by atoms with Crippen LogP contribution in [0.4, 0.5) is 0 Å². The molecule has 2 aromatic carbocycles. The van der Waals surface area contributed by atoms with Crippen LogP contribution in [0.15, 0.2) is 63.4 Å². The van der Waals surface area contributed by atoms with Crippen LogP contribution in [-0.4, -0.2) is 47.2 Å². The van der Waals surface area contributed by atoms with Crippen LogP contribution in [0.5, 0.6) is 0 Å². The maximum atomic E-state index is 12.9. The summed E-state index contributed by atoms with van der Waals surface area (Å²) in [5.41, 5.74) is 1.80. The van der Waals surface area contributed by atoms with E-state index in [2.05, 4.69) is 41.5 Å². The molecule has 1 N–H and O–H groups in total. The van der Waals surface area contributed by atoms with Crippen LogP contribution in [0.3, 0.4) is 0 Å². The minimum Gasteiger partial charge on any atom is -0.385 e. The van der Waals surface area contributed by atoms with E-state index in [9.17, 15) is 9.59 Å². The van der Waals surface area contributed by atoms with Crippen molar-refractivity contribution in [2.24, 2.45) is 0 Å². The molecule has 164 valence electrons. The first kappa shape index (κ1) is 23.4. The summed E-state index contributed by atoms with van der Waals surface area (Å²) in [5.74, 6) is 0.944. The van der Waals surface area contributed by atoms with Gasteiger partial charge in [0, 0.05) is 37.5 Å². The van der Waals surface area contributed by atoms with Crippen molar-refractivity contribution in [3.8, 4) is 0 Å². The van der Waals surface area contributed by atoms with Crippen molar-refractivity contribution in [3.63, 3.8) is 0 Å². The second-order valence-corrected chi connectivity index (χ2v) is 9.13. The van der Waals surface area contributed by atoms with Crippen molar-refractivity contribution in [2.45, 2.75) is 29.9 Å². The van der Waals surface area contributed by atoms with E-state index in [-0.39, 0.29) is 17.2 Å². The maximum absolute atomic E-state index is 12.9. The van der Waals surface area contributed by atoms with Gasteiger partial charge in [-0.1, -0.05) is 41.6 Å². The smallest absolute Gasteiger partial charge is 0.262 e. The van der Waals surface area contributed by atoms with Gasteiger partial charge in [0.1, 0.15) is 0 Å². The van der Waals surface area contributed by atoms with Gasteiger partial charge in [-0.2, -0.15) is 0 Å². The highest BCUT2D eigenvalue weighted by molar-refractivity contribution is 7.99. The topological polar surface area (TPSA) is 73.2 Å². The van der Waals surface area contributed by atoms with Crippen LogP contribution in [0.2, 0.25) is 0 Å². The number of rotatable bonds is 11. The molecule has 0 aliphatic carbocycles. The Labute approximate surface area is 190 Å². The quantitative estimate of drug-likeness (QED) is 0.269. The van der Waals surface area contributed by atoms with E-state index in [0.717, 1.165) is 5.75 Å². The molecule has 0 atom stereocenters. The third-order valence-corrected chi connectivity index (χ3v) is 6.59. The van der Waals surface area contributed by atoms with Gasteiger partial charge in [0.15, 0.2) is 5.16 Å². The predicted octanol–water partition coefficient (Wildman–Crippen LogP) is 3.74. The lowest BCUT2D eigenvalue weighted by Crippen LogP contribution is -2.28. The van der Waals surface area contributed by atoms with E-state index >= 15 is 0 Å². The summed E-state index contributed by atoms with van der Waals surface area (Å²) in [6.07, 6.45) is 0.701. The molecule has 0 saturated heterocycles. The van der Waals surface area contributed by atoms with Crippen molar-refractivity contribution >= 4 is 40.3 Å². The summed E-state index contributed by atoms with van der Waals surface area (Å²) in [6.45, 7) is 3.71. The summed E-state index contributed by atoms with van der Waals surface area (Å²) in [6, 6.07) is 15.6. The number of para-hydroxylation sites is 1. The largest absolute Gasteiger partial charge is 0.385 e. The van der Waals surface area contributed by atoms with Gasteiger partial charge in [0.25, 0.3) is 5.56 Å². The van der Waals surface area contributed by atoms with Gasteiger partial charge in [-0.25, -0.2) is 4.98 Å². The Morgan fingerprint density at radius 2 is 1.90 bits per heavy atom. The van der Waals surface area contributed by atoms with Crippen LogP contribution < -0.4 is 10.9 Å². The molecule has 3 aromatic rings. The van der Waals surface area contributed by atoms with E-state index < -0.39 is 0 Å². The lowest BCUT2D eigenvalue weighted by atomic mass is 10.2. The first-order chi connectivity index (χ1) is 15.1. The Hall–Kier alpha value is -2.29. The highest BCUT2D eigenvalue weighted by Crippen LogP contribution is 2.19. The first-order valence-corrected chi connectivity index (χ1v) is 12.1. The third-order valence-electron chi connectivity index (χ3n) is 4.60. The Balaban J connectivity index is 1.57. The number of carbonyl (C=O) groups excluding carboxylic acids is 1. The number of fused-ring (bicyclic) bond motifs is 1. The van der Waals surface area contributed by atoms with E-state index in [1.54, 1.807) is 29.5 Å². The minimum atomic E-state index is -0.0842. The number of methoxy groups -OCH3 is 1. The molecule has 0 unspecified atom stereocenters. The number of thioether (sulfide) groups is 2. The second kappa shape index (κ2) is 11.9. The number of nitrogens with one attached hydrogen (secondary N) is 1. The number of ether oxygens (including phenoxy) is 1.